The molecule has 0 spiro atoms. The highest BCUT2D eigenvalue weighted by atomic mass is 16.5. The molecule has 0 amide bonds. The van der Waals surface area contributed by atoms with Crippen molar-refractivity contribution in [2.24, 2.45) is 5.41 Å². The summed E-state index contributed by atoms with van der Waals surface area (Å²) in [4.78, 5) is 21.6. The van der Waals surface area contributed by atoms with Crippen molar-refractivity contribution in [3.05, 3.63) is 12.2 Å². The molecule has 0 aromatic carbocycles. The molecule has 0 fully saturated rings. The van der Waals surface area contributed by atoms with Gasteiger partial charge in [-0.2, -0.15) is 0 Å². The van der Waals surface area contributed by atoms with Gasteiger partial charge in [0.15, 0.2) is 0 Å². The maximum atomic E-state index is 10.9. The summed E-state index contributed by atoms with van der Waals surface area (Å²) in [5.74, 6) is -1.38. The second-order valence-corrected chi connectivity index (χ2v) is 3.86. The molecule has 5 heteroatoms. The average Bonchev–Trinajstić information content (AvgIpc) is 2.03. The highest BCUT2D eigenvalue weighted by Crippen LogP contribution is 2.20. The Kier molecular flexibility index (Phi) is 6.63. The van der Waals surface area contributed by atoms with Gasteiger partial charge in [0.2, 0.25) is 0 Å². The van der Waals surface area contributed by atoms with E-state index in [4.69, 9.17) is 9.84 Å². The summed E-state index contributed by atoms with van der Waals surface area (Å²) in [6.07, 6.45) is 0.293. The van der Waals surface area contributed by atoms with Crippen LogP contribution in [0.15, 0.2) is 12.2 Å². The Labute approximate surface area is 89.7 Å². The molecule has 0 aliphatic rings. The van der Waals surface area contributed by atoms with E-state index < -0.39 is 17.4 Å². The Morgan fingerprint density at radius 1 is 1.40 bits per heavy atom. The first-order valence-electron chi connectivity index (χ1n) is 4.33. The number of carboxylic acid groups (broad SMARTS) is 1. The van der Waals surface area contributed by atoms with Gasteiger partial charge in [-0.25, -0.2) is 4.79 Å². The zero-order chi connectivity index (χ0) is 11.4. The Balaban J connectivity index is 0. The normalized spacial score (nSPS) is 10.1. The van der Waals surface area contributed by atoms with Crippen molar-refractivity contribution in [3.8, 4) is 0 Å². The topological polar surface area (TPSA) is 98.6 Å². The number of esters is 1. The molecule has 88 valence electrons. The molecular formula is C10H19NO4. The SMILES string of the molecule is C=C(C)C(=O)OCCC(C)(C)C(=O)O.N. The molecule has 0 aliphatic carbocycles. The summed E-state index contributed by atoms with van der Waals surface area (Å²) >= 11 is 0. The second-order valence-electron chi connectivity index (χ2n) is 3.86. The third-order valence-corrected chi connectivity index (χ3v) is 1.89. The Bertz CT molecular complexity index is 258. The molecule has 0 heterocycles. The van der Waals surface area contributed by atoms with Gasteiger partial charge in [-0.05, 0) is 27.2 Å². The van der Waals surface area contributed by atoms with Crippen LogP contribution in [0, 0.1) is 5.41 Å². The van der Waals surface area contributed by atoms with Gasteiger partial charge in [-0.1, -0.05) is 6.58 Å². The number of carbonyl (C=O) groups excluding carboxylic acids is 1. The summed E-state index contributed by atoms with van der Waals surface area (Å²) in [6, 6.07) is 0. The van der Waals surface area contributed by atoms with Gasteiger partial charge in [0.05, 0.1) is 12.0 Å². The number of ether oxygens (including phenoxy) is 1. The molecule has 15 heavy (non-hydrogen) atoms. The van der Waals surface area contributed by atoms with Crippen LogP contribution in [-0.4, -0.2) is 23.7 Å². The molecule has 4 N–H and O–H groups in total. The number of hydrogen-bond acceptors (Lipinski definition) is 4. The lowest BCUT2D eigenvalue weighted by Crippen LogP contribution is -2.26. The van der Waals surface area contributed by atoms with E-state index in [0.29, 0.717) is 12.0 Å². The van der Waals surface area contributed by atoms with E-state index in [1.807, 2.05) is 0 Å². The molecule has 0 rings (SSSR count). The fraction of sp³-hybridized carbons (Fsp3) is 0.600. The van der Waals surface area contributed by atoms with Crippen LogP contribution < -0.4 is 6.15 Å². The zero-order valence-corrected chi connectivity index (χ0v) is 9.50. The molecule has 0 unspecified atom stereocenters. The summed E-state index contributed by atoms with van der Waals surface area (Å²) in [6.45, 7) is 8.24. The standard InChI is InChI=1S/C10H16O4.H3N/c1-7(2)8(11)14-6-5-10(3,4)9(12)13;/h1,5-6H2,2-4H3,(H,12,13);1H3. The van der Waals surface area contributed by atoms with Crippen LogP contribution in [-0.2, 0) is 14.3 Å². The van der Waals surface area contributed by atoms with Gasteiger partial charge in [-0.15, -0.1) is 0 Å². The summed E-state index contributed by atoms with van der Waals surface area (Å²) in [5, 5.41) is 8.76. The van der Waals surface area contributed by atoms with Crippen molar-refractivity contribution in [2.75, 3.05) is 6.61 Å². The van der Waals surface area contributed by atoms with Crippen molar-refractivity contribution in [3.63, 3.8) is 0 Å². The monoisotopic (exact) mass is 217 g/mol. The minimum absolute atomic E-state index is 0. The molecule has 0 radical (unpaired) electrons. The van der Waals surface area contributed by atoms with Gasteiger partial charge in [0, 0.05) is 5.57 Å². The largest absolute Gasteiger partial charge is 0.481 e. The first kappa shape index (κ1) is 16.1. The van der Waals surface area contributed by atoms with Crippen LogP contribution in [0.3, 0.4) is 0 Å². The second kappa shape index (κ2) is 6.19. The minimum Gasteiger partial charge on any atom is -0.481 e. The van der Waals surface area contributed by atoms with E-state index in [9.17, 15) is 9.59 Å². The van der Waals surface area contributed by atoms with E-state index >= 15 is 0 Å². The lowest BCUT2D eigenvalue weighted by atomic mass is 9.90. The fourth-order valence-electron chi connectivity index (χ4n) is 0.629. The van der Waals surface area contributed by atoms with E-state index in [2.05, 4.69) is 6.58 Å². The molecule has 0 aromatic rings. The van der Waals surface area contributed by atoms with E-state index in [1.54, 1.807) is 20.8 Å². The van der Waals surface area contributed by atoms with Crippen LogP contribution in [0.5, 0.6) is 0 Å². The van der Waals surface area contributed by atoms with Crippen molar-refractivity contribution in [1.82, 2.24) is 6.15 Å². The molecule has 0 aromatic heterocycles. The van der Waals surface area contributed by atoms with Crippen molar-refractivity contribution >= 4 is 11.9 Å². The van der Waals surface area contributed by atoms with Crippen molar-refractivity contribution in [2.45, 2.75) is 27.2 Å². The van der Waals surface area contributed by atoms with Crippen LogP contribution in [0.1, 0.15) is 27.2 Å². The van der Waals surface area contributed by atoms with Gasteiger partial charge < -0.3 is 16.0 Å². The zero-order valence-electron chi connectivity index (χ0n) is 9.50. The number of hydrogen-bond donors (Lipinski definition) is 2. The van der Waals surface area contributed by atoms with Crippen LogP contribution in [0.25, 0.3) is 0 Å². The number of rotatable bonds is 5. The van der Waals surface area contributed by atoms with Crippen LogP contribution >= 0.6 is 0 Å². The van der Waals surface area contributed by atoms with Gasteiger partial charge in [0.1, 0.15) is 0 Å². The molecule has 0 aliphatic heterocycles. The van der Waals surface area contributed by atoms with E-state index in [1.165, 1.54) is 0 Å². The minimum atomic E-state index is -0.899. The molecule has 0 saturated carbocycles. The highest BCUT2D eigenvalue weighted by molar-refractivity contribution is 5.86. The van der Waals surface area contributed by atoms with Crippen molar-refractivity contribution < 1.29 is 19.4 Å². The fourth-order valence-corrected chi connectivity index (χ4v) is 0.629. The number of carboxylic acids is 1. The molecule has 0 bridgehead atoms. The van der Waals surface area contributed by atoms with E-state index in [0.717, 1.165) is 0 Å². The quantitative estimate of drug-likeness (QED) is 0.540. The van der Waals surface area contributed by atoms with Gasteiger partial charge in [0.25, 0.3) is 0 Å². The first-order chi connectivity index (χ1) is 6.27. The Morgan fingerprint density at radius 3 is 2.20 bits per heavy atom. The number of aliphatic carboxylic acids is 1. The predicted octanol–water partition coefficient (Wildman–Crippen LogP) is 1.77. The third kappa shape index (κ3) is 5.85. The number of carbonyl (C=O) groups is 2. The third-order valence-electron chi connectivity index (χ3n) is 1.89. The first-order valence-corrected chi connectivity index (χ1v) is 4.33. The lowest BCUT2D eigenvalue weighted by molar-refractivity contribution is -0.150. The summed E-state index contributed by atoms with van der Waals surface area (Å²) < 4.78 is 4.79. The molecule has 0 saturated heterocycles. The molecular weight excluding hydrogens is 198 g/mol. The smallest absolute Gasteiger partial charge is 0.333 e. The Morgan fingerprint density at radius 2 is 1.87 bits per heavy atom. The Hall–Kier alpha value is -1.36. The maximum Gasteiger partial charge on any atom is 0.333 e. The molecule has 5 nitrogen and oxygen atoms in total. The summed E-state index contributed by atoms with van der Waals surface area (Å²) in [5.41, 5.74) is -0.548. The maximum absolute atomic E-state index is 10.9. The van der Waals surface area contributed by atoms with Crippen LogP contribution in [0.2, 0.25) is 0 Å². The predicted molar refractivity (Wildman–Crippen MR) is 56.8 cm³/mol. The van der Waals surface area contributed by atoms with Gasteiger partial charge >= 0.3 is 11.9 Å². The van der Waals surface area contributed by atoms with Crippen molar-refractivity contribution in [1.29, 1.82) is 0 Å². The lowest BCUT2D eigenvalue weighted by Gasteiger charge is -2.18. The highest BCUT2D eigenvalue weighted by Gasteiger charge is 2.27. The summed E-state index contributed by atoms with van der Waals surface area (Å²) in [7, 11) is 0. The average molecular weight is 217 g/mol. The van der Waals surface area contributed by atoms with E-state index in [-0.39, 0.29) is 12.8 Å². The van der Waals surface area contributed by atoms with Gasteiger partial charge in [-0.3, -0.25) is 4.79 Å². The van der Waals surface area contributed by atoms with Crippen LogP contribution in [0.4, 0.5) is 0 Å². The molecule has 0 atom stereocenters.